The van der Waals surface area contributed by atoms with E-state index in [1.54, 1.807) is 3.07 Å². The van der Waals surface area contributed by atoms with Gasteiger partial charge in [0.15, 0.2) is 0 Å². The van der Waals surface area contributed by atoms with Crippen LogP contribution >= 0.6 is 0 Å². The van der Waals surface area contributed by atoms with Gasteiger partial charge in [-0.2, -0.15) is 0 Å². The van der Waals surface area contributed by atoms with E-state index in [9.17, 15) is 0 Å². The fourth-order valence-electron chi connectivity index (χ4n) is 0.933. The molecule has 0 aromatic heterocycles. The molecule has 0 saturated heterocycles. The molecule has 0 unspecified atom stereocenters. The third kappa shape index (κ3) is 2.48. The van der Waals surface area contributed by atoms with Gasteiger partial charge in [-0.25, -0.2) is 0 Å². The summed E-state index contributed by atoms with van der Waals surface area (Å²) in [6.07, 6.45) is 0. The van der Waals surface area contributed by atoms with Gasteiger partial charge in [0.1, 0.15) is 0 Å². The molecule has 0 aliphatic rings. The van der Waals surface area contributed by atoms with Crippen molar-refractivity contribution in [3.05, 3.63) is 30.3 Å². The van der Waals surface area contributed by atoms with E-state index >= 15 is 0 Å². The molecule has 0 saturated carbocycles. The third-order valence-electron chi connectivity index (χ3n) is 1.38. The molecule has 44 valence electrons. The van der Waals surface area contributed by atoms with Crippen LogP contribution in [-0.4, -0.2) is 0 Å². The van der Waals surface area contributed by atoms with Crippen molar-refractivity contribution in [3.63, 3.8) is 0 Å². The molecule has 1 aromatic carbocycles. The molecule has 0 nitrogen and oxygen atoms in total. The minimum absolute atomic E-state index is 0.567. The van der Waals surface area contributed by atoms with Crippen LogP contribution in [0.5, 0.6) is 0 Å². The van der Waals surface area contributed by atoms with Crippen molar-refractivity contribution in [1.29, 1.82) is 0 Å². The summed E-state index contributed by atoms with van der Waals surface area (Å²) in [6, 6.07) is 10.9. The Morgan fingerprint density at radius 1 is 1.22 bits per heavy atom. The summed E-state index contributed by atoms with van der Waals surface area (Å²) in [7, 11) is 0. The molecule has 9 heavy (non-hydrogen) atoms. The summed E-state index contributed by atoms with van der Waals surface area (Å²) in [5, 5.41) is 0. The predicted octanol–water partition coefficient (Wildman–Crippen LogP) is 1.83. The summed E-state index contributed by atoms with van der Waals surface area (Å²) >= 11 is -0.567. The van der Waals surface area contributed by atoms with Crippen molar-refractivity contribution < 1.29 is 24.6 Å². The fraction of sp³-hybridized carbons (Fsp3) is 0.250. The van der Waals surface area contributed by atoms with Crippen molar-refractivity contribution >= 4 is 3.07 Å². The molecule has 0 bridgehead atoms. The van der Waals surface area contributed by atoms with Crippen LogP contribution in [0.25, 0.3) is 0 Å². The van der Waals surface area contributed by atoms with Gasteiger partial charge in [-0.05, 0) is 0 Å². The van der Waals surface area contributed by atoms with Crippen LogP contribution in [0.15, 0.2) is 30.3 Å². The van der Waals surface area contributed by atoms with E-state index in [4.69, 9.17) is 0 Å². The average Bonchev–Trinajstić information content (AvgIpc) is 1.91. The van der Waals surface area contributed by atoms with Crippen LogP contribution in [0.2, 0.25) is 3.93 Å². The SMILES string of the molecule is C[CH2][Hg][c]1ccccc1. The minimum atomic E-state index is -0.567. The normalized spacial score (nSPS) is 8.56. The van der Waals surface area contributed by atoms with E-state index in [1.165, 1.54) is 3.93 Å². The Balaban J connectivity index is 2.61. The van der Waals surface area contributed by atoms with Gasteiger partial charge in [-0.1, -0.05) is 0 Å². The molecular formula is C8H10Hg. The molecule has 0 heterocycles. The zero-order valence-corrected chi connectivity index (χ0v) is 11.3. The van der Waals surface area contributed by atoms with E-state index in [0.29, 0.717) is 0 Å². The number of hydrogen-bond acceptors (Lipinski definition) is 0. The topological polar surface area (TPSA) is 0 Å². The van der Waals surface area contributed by atoms with Crippen molar-refractivity contribution in [2.24, 2.45) is 0 Å². The second-order valence-electron chi connectivity index (χ2n) is 2.24. The Bertz CT molecular complexity index is 157. The van der Waals surface area contributed by atoms with Crippen LogP contribution in [-0.2, 0) is 24.6 Å². The first kappa shape index (κ1) is 7.26. The summed E-state index contributed by atoms with van der Waals surface area (Å²) in [6.45, 7) is 2.30. The van der Waals surface area contributed by atoms with E-state index in [0.717, 1.165) is 0 Å². The van der Waals surface area contributed by atoms with Crippen molar-refractivity contribution in [1.82, 2.24) is 0 Å². The van der Waals surface area contributed by atoms with Gasteiger partial charge in [-0.3, -0.25) is 0 Å². The summed E-state index contributed by atoms with van der Waals surface area (Å²) < 4.78 is 3.13. The Morgan fingerprint density at radius 2 is 1.89 bits per heavy atom. The standard InChI is InChI=1S/C6H5.C2H5.Hg/c1-2-4-6-5-3-1;1-2;/h1-5H;1H2,2H3;. The molecule has 1 rings (SSSR count). The zero-order valence-electron chi connectivity index (χ0n) is 5.80. The Hall–Kier alpha value is 0.155. The van der Waals surface area contributed by atoms with Crippen molar-refractivity contribution in [2.45, 2.75) is 10.9 Å². The first-order valence-corrected chi connectivity index (χ1v) is 10.1. The fourth-order valence-corrected chi connectivity index (χ4v) is 5.53. The maximum atomic E-state index is 2.30. The summed E-state index contributed by atoms with van der Waals surface area (Å²) in [4.78, 5) is 0. The molecule has 0 aliphatic heterocycles. The second-order valence-corrected chi connectivity index (χ2v) is 11.2. The van der Waals surface area contributed by atoms with Gasteiger partial charge in [0.05, 0.1) is 0 Å². The van der Waals surface area contributed by atoms with E-state index in [1.807, 2.05) is 0 Å². The van der Waals surface area contributed by atoms with Crippen LogP contribution in [0.4, 0.5) is 0 Å². The van der Waals surface area contributed by atoms with Crippen LogP contribution in [0.1, 0.15) is 6.92 Å². The molecule has 0 N–H and O–H groups in total. The molecule has 0 fully saturated rings. The average molecular weight is 307 g/mol. The number of benzene rings is 1. The zero-order chi connectivity index (χ0) is 6.53. The molecule has 0 spiro atoms. The third-order valence-corrected chi connectivity index (χ3v) is 7.40. The Kier molecular flexibility index (Phi) is 3.27. The Labute approximate surface area is 68.7 Å². The van der Waals surface area contributed by atoms with E-state index in [-0.39, 0.29) is 0 Å². The van der Waals surface area contributed by atoms with E-state index in [2.05, 4.69) is 37.3 Å². The Morgan fingerprint density at radius 3 is 2.44 bits per heavy atom. The number of hydrogen-bond donors (Lipinski definition) is 0. The van der Waals surface area contributed by atoms with Gasteiger partial charge in [0.2, 0.25) is 0 Å². The van der Waals surface area contributed by atoms with Crippen molar-refractivity contribution in [3.8, 4) is 0 Å². The molecule has 1 aromatic rings. The molecule has 0 aliphatic carbocycles. The quantitative estimate of drug-likeness (QED) is 0.731. The molecule has 0 amide bonds. The van der Waals surface area contributed by atoms with Crippen molar-refractivity contribution in [2.75, 3.05) is 0 Å². The second kappa shape index (κ2) is 4.05. The molecular weight excluding hydrogens is 297 g/mol. The molecule has 1 heteroatoms. The van der Waals surface area contributed by atoms with E-state index < -0.39 is 24.6 Å². The first-order chi connectivity index (χ1) is 4.43. The van der Waals surface area contributed by atoms with Gasteiger partial charge < -0.3 is 0 Å². The van der Waals surface area contributed by atoms with Crippen LogP contribution in [0.3, 0.4) is 0 Å². The van der Waals surface area contributed by atoms with Gasteiger partial charge in [0.25, 0.3) is 0 Å². The first-order valence-electron chi connectivity index (χ1n) is 3.47. The van der Waals surface area contributed by atoms with Gasteiger partial charge in [0, 0.05) is 0 Å². The maximum absolute atomic E-state index is 2.30. The molecule has 0 radical (unpaired) electrons. The van der Waals surface area contributed by atoms with Crippen LogP contribution < -0.4 is 3.07 Å². The van der Waals surface area contributed by atoms with Gasteiger partial charge in [-0.15, -0.1) is 0 Å². The monoisotopic (exact) mass is 308 g/mol. The predicted molar refractivity (Wildman–Crippen MR) is 36.6 cm³/mol. The summed E-state index contributed by atoms with van der Waals surface area (Å²) in [5.41, 5.74) is 0. The van der Waals surface area contributed by atoms with Gasteiger partial charge >= 0.3 is 68.8 Å². The summed E-state index contributed by atoms with van der Waals surface area (Å²) in [5.74, 6) is 0. The molecule has 0 atom stereocenters. The number of rotatable bonds is 2. The van der Waals surface area contributed by atoms with Crippen LogP contribution in [0, 0.1) is 0 Å².